The zero-order valence-electron chi connectivity index (χ0n) is 11.1. The molecule has 2 unspecified atom stereocenters. The maximum Gasteiger partial charge on any atom is 0.0641 e. The second-order valence-corrected chi connectivity index (χ2v) is 5.35. The zero-order valence-corrected chi connectivity index (χ0v) is 11.1. The molecule has 1 aromatic heterocycles. The summed E-state index contributed by atoms with van der Waals surface area (Å²) in [5.74, 6) is 1.71. The van der Waals surface area contributed by atoms with E-state index in [2.05, 4.69) is 23.5 Å². The van der Waals surface area contributed by atoms with Crippen LogP contribution < -0.4 is 11.1 Å². The molecule has 3 N–H and O–H groups in total. The Kier molecular flexibility index (Phi) is 3.84. The molecule has 1 heterocycles. The number of hydrogen-bond donors (Lipinski definition) is 2. The molecular formula is C13H24N4. The maximum atomic E-state index is 5.86. The van der Waals surface area contributed by atoms with Crippen LogP contribution in [0.15, 0.2) is 6.20 Å². The Morgan fingerprint density at radius 1 is 1.59 bits per heavy atom. The number of rotatable bonds is 6. The number of aryl methyl sites for hydroxylation is 2. The lowest BCUT2D eigenvalue weighted by Gasteiger charge is -2.19. The Morgan fingerprint density at radius 2 is 2.29 bits per heavy atom. The van der Waals surface area contributed by atoms with Crippen LogP contribution in [0.2, 0.25) is 0 Å². The lowest BCUT2D eigenvalue weighted by atomic mass is 10.0. The van der Waals surface area contributed by atoms with Gasteiger partial charge in [-0.15, -0.1) is 0 Å². The van der Waals surface area contributed by atoms with E-state index in [9.17, 15) is 0 Å². The van der Waals surface area contributed by atoms with Crippen LogP contribution in [0.4, 0.5) is 0 Å². The van der Waals surface area contributed by atoms with Gasteiger partial charge in [0.25, 0.3) is 0 Å². The van der Waals surface area contributed by atoms with Gasteiger partial charge in [-0.1, -0.05) is 6.92 Å². The highest BCUT2D eigenvalue weighted by atomic mass is 15.3. The van der Waals surface area contributed by atoms with Crippen molar-refractivity contribution in [2.75, 3.05) is 13.1 Å². The first-order chi connectivity index (χ1) is 8.11. The maximum absolute atomic E-state index is 5.86. The molecule has 1 aliphatic rings. The van der Waals surface area contributed by atoms with E-state index in [1.54, 1.807) is 0 Å². The molecule has 96 valence electrons. The third-order valence-electron chi connectivity index (χ3n) is 3.78. The molecule has 17 heavy (non-hydrogen) atoms. The molecule has 0 amide bonds. The molecule has 2 atom stereocenters. The third kappa shape index (κ3) is 3.07. The lowest BCUT2D eigenvalue weighted by Crippen LogP contribution is -2.32. The number of nitrogens with zero attached hydrogens (tertiary/aromatic N) is 2. The average Bonchev–Trinajstić information content (AvgIpc) is 3.07. The first-order valence-electron chi connectivity index (χ1n) is 6.55. The average molecular weight is 236 g/mol. The summed E-state index contributed by atoms with van der Waals surface area (Å²) in [7, 11) is 1.96. The molecule has 0 aliphatic heterocycles. The van der Waals surface area contributed by atoms with E-state index in [0.717, 1.165) is 24.1 Å². The van der Waals surface area contributed by atoms with Crippen molar-refractivity contribution in [1.82, 2.24) is 15.1 Å². The first-order valence-corrected chi connectivity index (χ1v) is 6.55. The van der Waals surface area contributed by atoms with Gasteiger partial charge in [0.15, 0.2) is 0 Å². The van der Waals surface area contributed by atoms with E-state index in [-0.39, 0.29) is 6.04 Å². The monoisotopic (exact) mass is 236 g/mol. The molecule has 0 aromatic carbocycles. The van der Waals surface area contributed by atoms with Gasteiger partial charge in [-0.05, 0) is 38.1 Å². The highest BCUT2D eigenvalue weighted by molar-refractivity contribution is 5.20. The standard InChI is InChI=1S/C13H24N4/c1-9(11-4-5-11)7-15-13(6-14)12-8-17(3)16-10(12)2/h8-9,11,13,15H,4-7,14H2,1-3H3. The Labute approximate surface area is 104 Å². The minimum absolute atomic E-state index is 0.241. The van der Waals surface area contributed by atoms with E-state index in [4.69, 9.17) is 5.73 Å². The van der Waals surface area contributed by atoms with E-state index < -0.39 is 0 Å². The molecule has 2 rings (SSSR count). The van der Waals surface area contributed by atoms with Crippen molar-refractivity contribution >= 4 is 0 Å². The van der Waals surface area contributed by atoms with E-state index in [1.807, 2.05) is 18.7 Å². The summed E-state index contributed by atoms with van der Waals surface area (Å²) in [5.41, 5.74) is 8.17. The third-order valence-corrected chi connectivity index (χ3v) is 3.78. The highest BCUT2D eigenvalue weighted by Crippen LogP contribution is 2.36. The minimum Gasteiger partial charge on any atom is -0.329 e. The summed E-state index contributed by atoms with van der Waals surface area (Å²) < 4.78 is 1.86. The van der Waals surface area contributed by atoms with Crippen LogP contribution >= 0.6 is 0 Å². The summed E-state index contributed by atoms with van der Waals surface area (Å²) in [5, 5.41) is 7.96. The highest BCUT2D eigenvalue weighted by Gasteiger charge is 2.28. The molecule has 1 saturated carbocycles. The van der Waals surface area contributed by atoms with Crippen molar-refractivity contribution in [2.45, 2.75) is 32.7 Å². The van der Waals surface area contributed by atoms with Crippen molar-refractivity contribution in [2.24, 2.45) is 24.6 Å². The fourth-order valence-electron chi connectivity index (χ4n) is 2.44. The number of nitrogens with two attached hydrogens (primary N) is 1. The summed E-state index contributed by atoms with van der Waals surface area (Å²) in [6.07, 6.45) is 4.88. The lowest BCUT2D eigenvalue weighted by molar-refractivity contribution is 0.422. The summed E-state index contributed by atoms with van der Waals surface area (Å²) in [4.78, 5) is 0. The smallest absolute Gasteiger partial charge is 0.0641 e. The van der Waals surface area contributed by atoms with Crippen molar-refractivity contribution < 1.29 is 0 Å². The van der Waals surface area contributed by atoms with Crippen LogP contribution in [0.3, 0.4) is 0 Å². The first kappa shape index (κ1) is 12.6. The molecule has 4 nitrogen and oxygen atoms in total. The largest absolute Gasteiger partial charge is 0.329 e. The Morgan fingerprint density at radius 3 is 2.76 bits per heavy atom. The molecule has 0 saturated heterocycles. The van der Waals surface area contributed by atoms with Gasteiger partial charge in [0.1, 0.15) is 0 Å². The van der Waals surface area contributed by atoms with E-state index in [0.29, 0.717) is 6.54 Å². The number of hydrogen-bond acceptors (Lipinski definition) is 3. The zero-order chi connectivity index (χ0) is 12.4. The van der Waals surface area contributed by atoms with E-state index >= 15 is 0 Å². The SMILES string of the molecule is Cc1nn(C)cc1C(CN)NCC(C)C1CC1. The van der Waals surface area contributed by atoms with Gasteiger partial charge in [-0.2, -0.15) is 5.10 Å². The number of nitrogens with one attached hydrogen (secondary N) is 1. The second kappa shape index (κ2) is 5.19. The van der Waals surface area contributed by atoms with Gasteiger partial charge in [-0.3, -0.25) is 4.68 Å². The summed E-state index contributed by atoms with van der Waals surface area (Å²) in [6.45, 7) is 6.06. The molecule has 0 radical (unpaired) electrons. The van der Waals surface area contributed by atoms with Gasteiger partial charge in [-0.25, -0.2) is 0 Å². The predicted octanol–water partition coefficient (Wildman–Crippen LogP) is 1.36. The fourth-order valence-corrected chi connectivity index (χ4v) is 2.44. The molecule has 1 aromatic rings. The van der Waals surface area contributed by atoms with Gasteiger partial charge in [0.05, 0.1) is 5.69 Å². The van der Waals surface area contributed by atoms with Crippen molar-refractivity contribution in [3.05, 3.63) is 17.5 Å². The van der Waals surface area contributed by atoms with Crippen molar-refractivity contribution in [1.29, 1.82) is 0 Å². The minimum atomic E-state index is 0.241. The predicted molar refractivity (Wildman–Crippen MR) is 69.6 cm³/mol. The quantitative estimate of drug-likeness (QED) is 0.784. The van der Waals surface area contributed by atoms with Crippen molar-refractivity contribution in [3.8, 4) is 0 Å². The fraction of sp³-hybridized carbons (Fsp3) is 0.769. The normalized spacial score (nSPS) is 19.3. The van der Waals surface area contributed by atoms with Crippen LogP contribution in [-0.4, -0.2) is 22.9 Å². The van der Waals surface area contributed by atoms with E-state index in [1.165, 1.54) is 18.4 Å². The van der Waals surface area contributed by atoms with Crippen LogP contribution in [-0.2, 0) is 7.05 Å². The topological polar surface area (TPSA) is 55.9 Å². The van der Waals surface area contributed by atoms with Crippen LogP contribution in [0.1, 0.15) is 37.1 Å². The Balaban J connectivity index is 1.93. The second-order valence-electron chi connectivity index (χ2n) is 5.35. The van der Waals surface area contributed by atoms with Crippen LogP contribution in [0.25, 0.3) is 0 Å². The van der Waals surface area contributed by atoms with Gasteiger partial charge in [0, 0.05) is 31.4 Å². The van der Waals surface area contributed by atoms with Crippen LogP contribution in [0, 0.1) is 18.8 Å². The van der Waals surface area contributed by atoms with Gasteiger partial charge in [0.2, 0.25) is 0 Å². The van der Waals surface area contributed by atoms with Gasteiger partial charge < -0.3 is 11.1 Å². The summed E-state index contributed by atoms with van der Waals surface area (Å²) in [6, 6.07) is 0.241. The Hall–Kier alpha value is -0.870. The van der Waals surface area contributed by atoms with Gasteiger partial charge >= 0.3 is 0 Å². The molecule has 0 bridgehead atoms. The molecule has 1 fully saturated rings. The molecule has 0 spiro atoms. The number of aromatic nitrogens is 2. The Bertz CT molecular complexity index is 367. The molecular weight excluding hydrogens is 212 g/mol. The molecule has 1 aliphatic carbocycles. The molecule has 4 heteroatoms. The van der Waals surface area contributed by atoms with Crippen molar-refractivity contribution in [3.63, 3.8) is 0 Å². The summed E-state index contributed by atoms with van der Waals surface area (Å²) >= 11 is 0. The van der Waals surface area contributed by atoms with Crippen LogP contribution in [0.5, 0.6) is 0 Å².